The molecule has 3 heteroatoms. The van der Waals surface area contributed by atoms with Gasteiger partial charge in [-0.15, -0.1) is 0 Å². The van der Waals surface area contributed by atoms with Crippen LogP contribution < -0.4 is 4.74 Å². The Bertz CT molecular complexity index is 479. The topological polar surface area (TPSA) is 9.23 Å². The molecule has 1 nitrogen and oxygen atoms in total. The quantitative estimate of drug-likeness (QED) is 0.767. The van der Waals surface area contributed by atoms with Crippen molar-refractivity contribution in [3.63, 3.8) is 0 Å². The molecule has 0 atom stereocenters. The summed E-state index contributed by atoms with van der Waals surface area (Å²) in [5, 5.41) is 0.485. The normalized spacial score (nSPS) is 9.81. The maximum atomic E-state index is 5.56. The summed E-state index contributed by atoms with van der Waals surface area (Å²) in [5.74, 6) is 0.760. The maximum Gasteiger partial charge on any atom is 0.198 e. The molecule has 0 aliphatic heterocycles. The van der Waals surface area contributed by atoms with Crippen LogP contribution in [0.1, 0.15) is 5.56 Å². The summed E-state index contributed by atoms with van der Waals surface area (Å²) in [6.07, 6.45) is 0. The second kappa shape index (κ2) is 5.23. The summed E-state index contributed by atoms with van der Waals surface area (Å²) in [6.45, 7) is 0. The van der Waals surface area contributed by atoms with Gasteiger partial charge in [-0.3, -0.25) is 0 Å². The van der Waals surface area contributed by atoms with Crippen LogP contribution in [-0.2, 0) is 0 Å². The van der Waals surface area contributed by atoms with Gasteiger partial charge in [-0.2, -0.15) is 0 Å². The third-order valence-electron chi connectivity index (χ3n) is 2.03. The van der Waals surface area contributed by atoms with Crippen molar-refractivity contribution in [3.8, 4) is 5.75 Å². The molecule has 0 aliphatic carbocycles. The minimum Gasteiger partial charge on any atom is -0.445 e. The monoisotopic (exact) mass is 292 g/mol. The Morgan fingerprint density at radius 1 is 0.938 bits per heavy atom. The van der Waals surface area contributed by atoms with Gasteiger partial charge < -0.3 is 4.74 Å². The molecule has 2 aromatic rings. The smallest absolute Gasteiger partial charge is 0.198 e. The average molecular weight is 293 g/mol. The number of hydrogen-bond acceptors (Lipinski definition) is 2. The van der Waals surface area contributed by atoms with Gasteiger partial charge in [0.05, 0.1) is 0 Å². The van der Waals surface area contributed by atoms with E-state index in [-0.39, 0.29) is 0 Å². The summed E-state index contributed by atoms with van der Waals surface area (Å²) in [6, 6.07) is 17.3. The first-order valence-electron chi connectivity index (χ1n) is 4.78. The fourth-order valence-electron chi connectivity index (χ4n) is 1.24. The van der Waals surface area contributed by atoms with Crippen LogP contribution in [0.25, 0.3) is 0 Å². The fourth-order valence-corrected chi connectivity index (χ4v) is 1.74. The number of thiocarbonyl (C=S) groups is 1. The predicted octanol–water partition coefficient (Wildman–Crippen LogP) is 4.20. The molecular weight excluding hydrogens is 284 g/mol. The number of halogens is 1. The van der Waals surface area contributed by atoms with Crippen LogP contribution in [0.2, 0.25) is 0 Å². The van der Waals surface area contributed by atoms with Crippen molar-refractivity contribution in [2.24, 2.45) is 0 Å². The van der Waals surface area contributed by atoms with Gasteiger partial charge in [0.1, 0.15) is 5.75 Å². The van der Waals surface area contributed by atoms with Gasteiger partial charge >= 0.3 is 0 Å². The highest BCUT2D eigenvalue weighted by Gasteiger charge is 2.03. The van der Waals surface area contributed by atoms with Crippen LogP contribution in [0.4, 0.5) is 0 Å². The summed E-state index contributed by atoms with van der Waals surface area (Å²) in [7, 11) is 0. The lowest BCUT2D eigenvalue weighted by Gasteiger charge is -2.06. The molecule has 16 heavy (non-hydrogen) atoms. The first-order chi connectivity index (χ1) is 7.75. The second-order valence-electron chi connectivity index (χ2n) is 3.21. The van der Waals surface area contributed by atoms with Gasteiger partial charge in [-0.05, 0) is 48.6 Å². The molecule has 0 unspecified atom stereocenters. The third-order valence-corrected chi connectivity index (χ3v) is 2.88. The van der Waals surface area contributed by atoms with E-state index in [1.165, 1.54) is 0 Å². The standard InChI is InChI=1S/C13H9BrOS/c14-11-8-6-10(7-9-11)13(16)15-12-4-2-1-3-5-12/h1-9H. The van der Waals surface area contributed by atoms with E-state index in [1.807, 2.05) is 54.6 Å². The molecule has 2 aromatic carbocycles. The van der Waals surface area contributed by atoms with Crippen molar-refractivity contribution in [2.75, 3.05) is 0 Å². The SMILES string of the molecule is S=C(Oc1ccccc1)c1ccc(Br)cc1. The van der Waals surface area contributed by atoms with Crippen LogP contribution in [-0.4, -0.2) is 5.05 Å². The average Bonchev–Trinajstić information content (AvgIpc) is 2.31. The van der Waals surface area contributed by atoms with Crippen LogP contribution in [0.15, 0.2) is 59.1 Å². The van der Waals surface area contributed by atoms with Gasteiger partial charge in [0.25, 0.3) is 0 Å². The van der Waals surface area contributed by atoms with Crippen molar-refractivity contribution < 1.29 is 4.74 Å². The van der Waals surface area contributed by atoms with E-state index in [9.17, 15) is 0 Å². The van der Waals surface area contributed by atoms with E-state index in [1.54, 1.807) is 0 Å². The molecule has 0 spiro atoms. The molecule has 0 bridgehead atoms. The Morgan fingerprint density at radius 2 is 1.56 bits per heavy atom. The van der Waals surface area contributed by atoms with Gasteiger partial charge in [0.15, 0.2) is 5.05 Å². The maximum absolute atomic E-state index is 5.56. The minimum atomic E-state index is 0.485. The predicted molar refractivity (Wildman–Crippen MR) is 72.9 cm³/mol. The number of ether oxygens (including phenoxy) is 1. The van der Waals surface area contributed by atoms with E-state index in [4.69, 9.17) is 17.0 Å². The number of hydrogen-bond donors (Lipinski definition) is 0. The molecule has 2 rings (SSSR count). The second-order valence-corrected chi connectivity index (χ2v) is 4.50. The Kier molecular flexibility index (Phi) is 3.70. The molecule has 0 N–H and O–H groups in total. The zero-order chi connectivity index (χ0) is 11.4. The molecule has 0 aromatic heterocycles. The molecule has 0 saturated carbocycles. The van der Waals surface area contributed by atoms with Crippen molar-refractivity contribution in [3.05, 3.63) is 64.6 Å². The van der Waals surface area contributed by atoms with Crippen molar-refractivity contribution >= 4 is 33.2 Å². The first-order valence-corrected chi connectivity index (χ1v) is 5.98. The molecule has 0 amide bonds. The number of para-hydroxylation sites is 1. The Balaban J connectivity index is 2.12. The summed E-state index contributed by atoms with van der Waals surface area (Å²) >= 11 is 8.59. The highest BCUT2D eigenvalue weighted by molar-refractivity contribution is 9.10. The molecule has 0 aliphatic rings. The lowest BCUT2D eigenvalue weighted by atomic mass is 10.2. The number of benzene rings is 2. The van der Waals surface area contributed by atoms with Crippen LogP contribution in [0.3, 0.4) is 0 Å². The van der Waals surface area contributed by atoms with Crippen molar-refractivity contribution in [2.45, 2.75) is 0 Å². The summed E-state index contributed by atoms with van der Waals surface area (Å²) < 4.78 is 6.58. The molecule has 80 valence electrons. The first kappa shape index (κ1) is 11.3. The van der Waals surface area contributed by atoms with Crippen molar-refractivity contribution in [1.82, 2.24) is 0 Å². The van der Waals surface area contributed by atoms with Crippen molar-refractivity contribution in [1.29, 1.82) is 0 Å². The van der Waals surface area contributed by atoms with E-state index in [0.29, 0.717) is 5.05 Å². The van der Waals surface area contributed by atoms with E-state index >= 15 is 0 Å². The number of rotatable bonds is 2. The van der Waals surface area contributed by atoms with Gasteiger partial charge in [-0.25, -0.2) is 0 Å². The molecule has 0 radical (unpaired) electrons. The Hall–Kier alpha value is -1.19. The van der Waals surface area contributed by atoms with Crippen LogP contribution >= 0.6 is 28.1 Å². The zero-order valence-corrected chi connectivity index (χ0v) is 10.8. The van der Waals surface area contributed by atoms with Crippen LogP contribution in [0.5, 0.6) is 5.75 Å². The van der Waals surface area contributed by atoms with Gasteiger partial charge in [-0.1, -0.05) is 34.1 Å². The van der Waals surface area contributed by atoms with Gasteiger partial charge in [0, 0.05) is 10.0 Å². The van der Waals surface area contributed by atoms with Gasteiger partial charge in [0.2, 0.25) is 0 Å². The fraction of sp³-hybridized carbons (Fsp3) is 0. The van der Waals surface area contributed by atoms with E-state index in [2.05, 4.69) is 15.9 Å². The molecule has 0 saturated heterocycles. The van der Waals surface area contributed by atoms with E-state index in [0.717, 1.165) is 15.8 Å². The molecular formula is C13H9BrOS. The third kappa shape index (κ3) is 2.90. The highest BCUT2D eigenvalue weighted by Crippen LogP contribution is 2.15. The zero-order valence-electron chi connectivity index (χ0n) is 8.39. The Labute approximate surface area is 108 Å². The Morgan fingerprint density at radius 3 is 2.19 bits per heavy atom. The van der Waals surface area contributed by atoms with E-state index < -0.39 is 0 Å². The molecule has 0 fully saturated rings. The van der Waals surface area contributed by atoms with Crippen LogP contribution in [0, 0.1) is 0 Å². The highest BCUT2D eigenvalue weighted by atomic mass is 79.9. The lowest BCUT2D eigenvalue weighted by molar-refractivity contribution is 0.566. The lowest BCUT2D eigenvalue weighted by Crippen LogP contribution is -2.06. The summed E-state index contributed by atoms with van der Waals surface area (Å²) in [4.78, 5) is 0. The molecule has 0 heterocycles. The minimum absolute atomic E-state index is 0.485. The largest absolute Gasteiger partial charge is 0.445 e. The summed E-state index contributed by atoms with van der Waals surface area (Å²) in [5.41, 5.74) is 0.905.